The van der Waals surface area contributed by atoms with Gasteiger partial charge in [0.15, 0.2) is 0 Å². The molecule has 1 amide bonds. The van der Waals surface area contributed by atoms with Crippen molar-refractivity contribution in [2.75, 3.05) is 11.1 Å². The Balaban J connectivity index is 1.84. The molecule has 0 aliphatic heterocycles. The van der Waals surface area contributed by atoms with E-state index >= 15 is 0 Å². The molecule has 0 saturated heterocycles. The third-order valence-electron chi connectivity index (χ3n) is 3.49. The normalized spacial score (nSPS) is 13.1. The number of pyridine rings is 1. The van der Waals surface area contributed by atoms with Crippen LogP contribution in [0.1, 0.15) is 27.9 Å². The lowest BCUT2D eigenvalue weighted by Gasteiger charge is -2.08. The van der Waals surface area contributed by atoms with Crippen molar-refractivity contribution in [1.82, 2.24) is 4.98 Å². The van der Waals surface area contributed by atoms with Gasteiger partial charge >= 0.3 is 0 Å². The highest BCUT2D eigenvalue weighted by Crippen LogP contribution is 2.25. The number of aromatic nitrogens is 1. The lowest BCUT2D eigenvalue weighted by atomic mass is 10.1. The van der Waals surface area contributed by atoms with Crippen molar-refractivity contribution in [2.24, 2.45) is 0 Å². The highest BCUT2D eigenvalue weighted by Gasteiger charge is 2.15. The first kappa shape index (κ1) is 12.6. The molecule has 0 spiro atoms. The number of benzene rings is 1. The van der Waals surface area contributed by atoms with Crippen LogP contribution >= 0.6 is 0 Å². The Kier molecular flexibility index (Phi) is 3.10. The lowest BCUT2D eigenvalue weighted by molar-refractivity contribution is 0.102. The number of amides is 1. The van der Waals surface area contributed by atoms with E-state index in [1.54, 1.807) is 0 Å². The summed E-state index contributed by atoms with van der Waals surface area (Å²) >= 11 is 0. The number of hydrogen-bond donors (Lipinski definition) is 2. The summed E-state index contributed by atoms with van der Waals surface area (Å²) in [4.78, 5) is 15.7. The fourth-order valence-electron chi connectivity index (χ4n) is 2.48. The van der Waals surface area contributed by atoms with Gasteiger partial charge in [0.05, 0.1) is 11.8 Å². The molecule has 0 bridgehead atoms. The van der Waals surface area contributed by atoms with Gasteiger partial charge in [0.1, 0.15) is 11.6 Å². The van der Waals surface area contributed by atoms with E-state index in [2.05, 4.69) is 10.3 Å². The molecule has 0 atom stereocenters. The van der Waals surface area contributed by atoms with E-state index in [1.165, 1.54) is 11.1 Å². The molecular formula is C15H14FN3O. The molecule has 3 rings (SSSR count). The van der Waals surface area contributed by atoms with Gasteiger partial charge in [0, 0.05) is 5.69 Å². The zero-order valence-electron chi connectivity index (χ0n) is 10.8. The van der Waals surface area contributed by atoms with Gasteiger partial charge in [0.25, 0.3) is 5.91 Å². The molecule has 1 aliphatic rings. The summed E-state index contributed by atoms with van der Waals surface area (Å²) in [7, 11) is 0. The number of nitrogens with one attached hydrogen (secondary N) is 1. The van der Waals surface area contributed by atoms with Crippen molar-refractivity contribution in [1.29, 1.82) is 0 Å². The van der Waals surface area contributed by atoms with Crippen LogP contribution < -0.4 is 11.1 Å². The van der Waals surface area contributed by atoms with Crippen LogP contribution in [0.3, 0.4) is 0 Å². The number of carbonyl (C=O) groups is 1. The van der Waals surface area contributed by atoms with Gasteiger partial charge in [-0.2, -0.15) is 0 Å². The molecule has 2 aromatic rings. The number of anilines is 2. The van der Waals surface area contributed by atoms with E-state index < -0.39 is 11.7 Å². The maximum Gasteiger partial charge on any atom is 0.259 e. The zero-order chi connectivity index (χ0) is 14.1. The Morgan fingerprint density at radius 3 is 2.90 bits per heavy atom. The number of rotatable bonds is 2. The summed E-state index contributed by atoms with van der Waals surface area (Å²) in [5.41, 5.74) is 8.92. The second kappa shape index (κ2) is 4.92. The number of halogens is 1. The minimum atomic E-state index is -0.585. The zero-order valence-corrected chi connectivity index (χ0v) is 10.8. The van der Waals surface area contributed by atoms with E-state index in [0.717, 1.165) is 31.5 Å². The van der Waals surface area contributed by atoms with Gasteiger partial charge in [-0.05, 0) is 48.6 Å². The molecule has 102 valence electrons. The van der Waals surface area contributed by atoms with Crippen LogP contribution in [0.2, 0.25) is 0 Å². The minimum absolute atomic E-state index is 0.0186. The minimum Gasteiger partial charge on any atom is -0.383 e. The van der Waals surface area contributed by atoms with Gasteiger partial charge in [0.2, 0.25) is 0 Å². The fourth-order valence-corrected chi connectivity index (χ4v) is 2.48. The molecule has 4 nitrogen and oxygen atoms in total. The monoisotopic (exact) mass is 271 g/mol. The molecule has 3 N–H and O–H groups in total. The molecule has 1 aromatic carbocycles. The van der Waals surface area contributed by atoms with Gasteiger partial charge in [-0.15, -0.1) is 0 Å². The van der Waals surface area contributed by atoms with Crippen LogP contribution in [-0.4, -0.2) is 10.9 Å². The van der Waals surface area contributed by atoms with Gasteiger partial charge in [-0.25, -0.2) is 9.37 Å². The van der Waals surface area contributed by atoms with E-state index in [4.69, 9.17) is 5.73 Å². The van der Waals surface area contributed by atoms with Crippen molar-refractivity contribution < 1.29 is 9.18 Å². The Bertz CT molecular complexity index is 685. The van der Waals surface area contributed by atoms with Gasteiger partial charge < -0.3 is 11.1 Å². The van der Waals surface area contributed by atoms with Crippen molar-refractivity contribution in [3.63, 3.8) is 0 Å². The molecule has 0 fully saturated rings. The predicted octanol–water partition coefficient (Wildman–Crippen LogP) is 2.54. The summed E-state index contributed by atoms with van der Waals surface area (Å²) in [5.74, 6) is -1.02. The van der Waals surface area contributed by atoms with Crippen LogP contribution in [0.5, 0.6) is 0 Å². The molecular weight excluding hydrogens is 257 g/mol. The van der Waals surface area contributed by atoms with Crippen LogP contribution in [0.25, 0.3) is 0 Å². The third kappa shape index (κ3) is 2.34. The van der Waals surface area contributed by atoms with E-state index in [9.17, 15) is 9.18 Å². The maximum absolute atomic E-state index is 13.1. The number of nitrogen functional groups attached to an aromatic ring is 1. The van der Waals surface area contributed by atoms with Crippen LogP contribution in [-0.2, 0) is 12.8 Å². The lowest BCUT2D eigenvalue weighted by Crippen LogP contribution is -2.15. The smallest absolute Gasteiger partial charge is 0.259 e. The van der Waals surface area contributed by atoms with Gasteiger partial charge in [-0.3, -0.25) is 4.79 Å². The first-order valence-corrected chi connectivity index (χ1v) is 6.47. The van der Waals surface area contributed by atoms with Crippen LogP contribution in [0.4, 0.5) is 15.9 Å². The number of aryl methyl sites for hydroxylation is 2. The van der Waals surface area contributed by atoms with Gasteiger partial charge in [-0.1, -0.05) is 6.07 Å². The molecule has 1 aromatic heterocycles. The van der Waals surface area contributed by atoms with E-state index in [1.807, 2.05) is 18.2 Å². The first-order chi connectivity index (χ1) is 9.63. The largest absolute Gasteiger partial charge is 0.383 e. The number of hydrogen-bond acceptors (Lipinski definition) is 3. The molecule has 0 saturated carbocycles. The second-order valence-corrected chi connectivity index (χ2v) is 4.88. The average Bonchev–Trinajstić information content (AvgIpc) is 2.89. The molecule has 0 radical (unpaired) electrons. The molecule has 0 unspecified atom stereocenters. The SMILES string of the molecule is Nc1ncc(F)cc1C(=O)Nc1ccc2c(c1)CCC2. The Morgan fingerprint density at radius 2 is 2.05 bits per heavy atom. The molecule has 1 aliphatic carbocycles. The van der Waals surface area contributed by atoms with Crippen molar-refractivity contribution in [3.05, 3.63) is 53.0 Å². The Hall–Kier alpha value is -2.43. The van der Waals surface area contributed by atoms with E-state index in [-0.39, 0.29) is 11.4 Å². The van der Waals surface area contributed by atoms with Crippen LogP contribution in [0, 0.1) is 5.82 Å². The summed E-state index contributed by atoms with van der Waals surface area (Å²) in [5, 5.41) is 2.73. The fraction of sp³-hybridized carbons (Fsp3) is 0.200. The standard InChI is InChI=1S/C15H14FN3O/c16-11-7-13(14(17)18-8-11)15(20)19-12-5-4-9-2-1-3-10(9)6-12/h4-8H,1-3H2,(H2,17,18)(H,19,20). The number of nitrogens with two attached hydrogens (primary N) is 1. The predicted molar refractivity (Wildman–Crippen MR) is 75.0 cm³/mol. The third-order valence-corrected chi connectivity index (χ3v) is 3.49. The summed E-state index contributed by atoms with van der Waals surface area (Å²) < 4.78 is 13.1. The molecule has 5 heteroatoms. The maximum atomic E-state index is 13.1. The number of carbonyl (C=O) groups excluding carboxylic acids is 1. The average molecular weight is 271 g/mol. The molecule has 1 heterocycles. The Labute approximate surface area is 115 Å². The quantitative estimate of drug-likeness (QED) is 0.882. The number of nitrogens with zero attached hydrogens (tertiary/aromatic N) is 1. The van der Waals surface area contributed by atoms with Crippen molar-refractivity contribution in [2.45, 2.75) is 19.3 Å². The summed E-state index contributed by atoms with van der Waals surface area (Å²) in [6.45, 7) is 0. The van der Waals surface area contributed by atoms with Crippen molar-refractivity contribution >= 4 is 17.4 Å². The Morgan fingerprint density at radius 1 is 1.25 bits per heavy atom. The summed E-state index contributed by atoms with van der Waals surface area (Å²) in [6.07, 6.45) is 4.25. The van der Waals surface area contributed by atoms with Crippen molar-refractivity contribution in [3.8, 4) is 0 Å². The highest BCUT2D eigenvalue weighted by atomic mass is 19.1. The highest BCUT2D eigenvalue weighted by molar-refractivity contribution is 6.07. The van der Waals surface area contributed by atoms with Crippen LogP contribution in [0.15, 0.2) is 30.5 Å². The topological polar surface area (TPSA) is 68.0 Å². The second-order valence-electron chi connectivity index (χ2n) is 4.88. The van der Waals surface area contributed by atoms with E-state index in [0.29, 0.717) is 5.69 Å². The first-order valence-electron chi connectivity index (χ1n) is 6.47. The summed E-state index contributed by atoms with van der Waals surface area (Å²) in [6, 6.07) is 6.92. The number of fused-ring (bicyclic) bond motifs is 1. The molecule has 20 heavy (non-hydrogen) atoms.